The molecule has 0 fully saturated rings. The van der Waals surface area contributed by atoms with Gasteiger partial charge in [0, 0.05) is 19.0 Å². The van der Waals surface area contributed by atoms with Gasteiger partial charge in [-0.3, -0.25) is 9.59 Å². The van der Waals surface area contributed by atoms with Crippen LogP contribution in [0.25, 0.3) is 0 Å². The average Bonchev–Trinajstić information content (AvgIpc) is 2.02. The monoisotopic (exact) mass is 206 g/mol. The molecule has 0 spiro atoms. The molecule has 0 rings (SSSR count). The SMILES string of the molecule is CC(C)NC(=O)CCNC(=O)CCl. The normalized spacial score (nSPS) is 9.85. The van der Waals surface area contributed by atoms with E-state index in [1.807, 2.05) is 13.8 Å². The van der Waals surface area contributed by atoms with E-state index in [9.17, 15) is 9.59 Å². The minimum Gasteiger partial charge on any atom is -0.355 e. The van der Waals surface area contributed by atoms with Crippen LogP contribution in [0.4, 0.5) is 0 Å². The molecule has 0 saturated carbocycles. The summed E-state index contributed by atoms with van der Waals surface area (Å²) in [4.78, 5) is 21.7. The highest BCUT2D eigenvalue weighted by Gasteiger charge is 2.03. The molecule has 0 heterocycles. The molecule has 0 aliphatic rings. The summed E-state index contributed by atoms with van der Waals surface area (Å²) < 4.78 is 0. The maximum Gasteiger partial charge on any atom is 0.234 e. The lowest BCUT2D eigenvalue weighted by Crippen LogP contribution is -2.34. The molecule has 2 amide bonds. The minimum absolute atomic E-state index is 0.0637. The summed E-state index contributed by atoms with van der Waals surface area (Å²) in [6.07, 6.45) is 0.292. The number of halogens is 1. The number of alkyl halides is 1. The summed E-state index contributed by atoms with van der Waals surface area (Å²) in [5.74, 6) is -0.380. The lowest BCUT2D eigenvalue weighted by molar-refractivity contribution is -0.121. The smallest absolute Gasteiger partial charge is 0.234 e. The van der Waals surface area contributed by atoms with Crippen molar-refractivity contribution in [2.75, 3.05) is 12.4 Å². The van der Waals surface area contributed by atoms with Crippen molar-refractivity contribution in [1.82, 2.24) is 10.6 Å². The molecule has 76 valence electrons. The van der Waals surface area contributed by atoms with Crippen molar-refractivity contribution in [2.24, 2.45) is 0 Å². The molecule has 0 atom stereocenters. The van der Waals surface area contributed by atoms with E-state index in [1.54, 1.807) is 0 Å². The number of rotatable bonds is 5. The van der Waals surface area contributed by atoms with Gasteiger partial charge in [-0.2, -0.15) is 0 Å². The number of carbonyl (C=O) groups excluding carboxylic acids is 2. The highest BCUT2D eigenvalue weighted by Crippen LogP contribution is 1.82. The number of hydrogen-bond donors (Lipinski definition) is 2. The van der Waals surface area contributed by atoms with Gasteiger partial charge in [0.25, 0.3) is 0 Å². The second-order valence-electron chi connectivity index (χ2n) is 2.96. The van der Waals surface area contributed by atoms with Crippen LogP contribution in [0.15, 0.2) is 0 Å². The van der Waals surface area contributed by atoms with Crippen molar-refractivity contribution in [3.63, 3.8) is 0 Å². The zero-order chi connectivity index (χ0) is 10.3. The van der Waals surface area contributed by atoms with Gasteiger partial charge in [-0.15, -0.1) is 11.6 Å². The maximum atomic E-state index is 11.0. The first-order valence-electron chi connectivity index (χ1n) is 4.18. The Bertz CT molecular complexity index is 183. The molecule has 13 heavy (non-hydrogen) atoms. The molecule has 0 aliphatic carbocycles. The first kappa shape index (κ1) is 12.2. The topological polar surface area (TPSA) is 58.2 Å². The molecule has 2 N–H and O–H groups in total. The number of hydrogen-bond acceptors (Lipinski definition) is 2. The molecule has 0 unspecified atom stereocenters. The minimum atomic E-state index is -0.251. The van der Waals surface area contributed by atoms with Gasteiger partial charge >= 0.3 is 0 Å². The van der Waals surface area contributed by atoms with Crippen LogP contribution in [0.5, 0.6) is 0 Å². The van der Waals surface area contributed by atoms with E-state index < -0.39 is 0 Å². The van der Waals surface area contributed by atoms with Crippen LogP contribution in [0, 0.1) is 0 Å². The Hall–Kier alpha value is -0.770. The third-order valence-corrected chi connectivity index (χ3v) is 1.49. The van der Waals surface area contributed by atoms with E-state index >= 15 is 0 Å². The number of carbonyl (C=O) groups is 2. The summed E-state index contributed by atoms with van der Waals surface area (Å²) in [7, 11) is 0. The number of amides is 2. The fourth-order valence-electron chi connectivity index (χ4n) is 0.757. The standard InChI is InChI=1S/C8H15ClN2O2/c1-6(2)11-7(12)3-4-10-8(13)5-9/h6H,3-5H2,1-2H3,(H,10,13)(H,11,12). The van der Waals surface area contributed by atoms with Gasteiger partial charge in [-0.05, 0) is 13.8 Å². The summed E-state index contributed by atoms with van der Waals surface area (Å²) in [6, 6.07) is 0.135. The quantitative estimate of drug-likeness (QED) is 0.634. The van der Waals surface area contributed by atoms with E-state index in [-0.39, 0.29) is 23.7 Å². The predicted octanol–water partition coefficient (Wildman–Crippen LogP) is 0.256. The van der Waals surface area contributed by atoms with Crippen molar-refractivity contribution < 1.29 is 9.59 Å². The maximum absolute atomic E-state index is 11.0. The fourth-order valence-corrected chi connectivity index (χ4v) is 0.851. The molecule has 0 bridgehead atoms. The number of nitrogens with one attached hydrogen (secondary N) is 2. The molecule has 0 radical (unpaired) electrons. The highest BCUT2D eigenvalue weighted by atomic mass is 35.5. The van der Waals surface area contributed by atoms with Crippen molar-refractivity contribution in [3.8, 4) is 0 Å². The predicted molar refractivity (Wildman–Crippen MR) is 51.6 cm³/mol. The van der Waals surface area contributed by atoms with Crippen LogP contribution in [-0.4, -0.2) is 30.3 Å². The van der Waals surface area contributed by atoms with Crippen LogP contribution in [0.3, 0.4) is 0 Å². The lowest BCUT2D eigenvalue weighted by Gasteiger charge is -2.08. The van der Waals surface area contributed by atoms with Crippen molar-refractivity contribution >= 4 is 23.4 Å². The van der Waals surface area contributed by atoms with E-state index in [0.717, 1.165) is 0 Å². The largest absolute Gasteiger partial charge is 0.355 e. The lowest BCUT2D eigenvalue weighted by atomic mass is 10.3. The molecular formula is C8H15ClN2O2. The van der Waals surface area contributed by atoms with E-state index in [1.165, 1.54) is 0 Å². The molecular weight excluding hydrogens is 192 g/mol. The van der Waals surface area contributed by atoms with Crippen LogP contribution < -0.4 is 10.6 Å². The summed E-state index contributed by atoms with van der Waals surface area (Å²) in [5.41, 5.74) is 0. The molecule has 0 aromatic carbocycles. The third-order valence-electron chi connectivity index (χ3n) is 1.25. The molecule has 4 nitrogen and oxygen atoms in total. The van der Waals surface area contributed by atoms with Crippen LogP contribution in [0.1, 0.15) is 20.3 Å². The molecule has 0 aromatic rings. The van der Waals surface area contributed by atoms with Crippen molar-refractivity contribution in [3.05, 3.63) is 0 Å². The van der Waals surface area contributed by atoms with Crippen LogP contribution in [-0.2, 0) is 9.59 Å². The van der Waals surface area contributed by atoms with E-state index in [0.29, 0.717) is 13.0 Å². The second kappa shape index (κ2) is 6.71. The Morgan fingerprint density at radius 3 is 2.38 bits per heavy atom. The molecule has 0 aliphatic heterocycles. The fraction of sp³-hybridized carbons (Fsp3) is 0.750. The van der Waals surface area contributed by atoms with E-state index in [2.05, 4.69) is 10.6 Å². The summed E-state index contributed by atoms with van der Waals surface area (Å²) in [5, 5.41) is 5.22. The highest BCUT2D eigenvalue weighted by molar-refractivity contribution is 6.27. The van der Waals surface area contributed by atoms with Crippen LogP contribution in [0.2, 0.25) is 0 Å². The van der Waals surface area contributed by atoms with Gasteiger partial charge in [0.05, 0.1) is 0 Å². The Morgan fingerprint density at radius 1 is 1.31 bits per heavy atom. The van der Waals surface area contributed by atoms with Gasteiger partial charge in [0.2, 0.25) is 11.8 Å². The van der Waals surface area contributed by atoms with Crippen LogP contribution >= 0.6 is 11.6 Å². The van der Waals surface area contributed by atoms with Crippen molar-refractivity contribution in [1.29, 1.82) is 0 Å². The van der Waals surface area contributed by atoms with Gasteiger partial charge in [0.15, 0.2) is 0 Å². The zero-order valence-corrected chi connectivity index (χ0v) is 8.65. The molecule has 5 heteroatoms. The van der Waals surface area contributed by atoms with Gasteiger partial charge in [-0.25, -0.2) is 0 Å². The van der Waals surface area contributed by atoms with Gasteiger partial charge < -0.3 is 10.6 Å². The Labute approximate surface area is 83.0 Å². The van der Waals surface area contributed by atoms with Gasteiger partial charge in [0.1, 0.15) is 5.88 Å². The second-order valence-corrected chi connectivity index (χ2v) is 3.22. The Balaban J connectivity index is 3.42. The first-order valence-corrected chi connectivity index (χ1v) is 4.71. The van der Waals surface area contributed by atoms with E-state index in [4.69, 9.17) is 11.6 Å². The average molecular weight is 207 g/mol. The van der Waals surface area contributed by atoms with Gasteiger partial charge in [-0.1, -0.05) is 0 Å². The molecule has 0 saturated heterocycles. The summed E-state index contributed by atoms with van der Waals surface area (Å²) in [6.45, 7) is 4.11. The molecule has 0 aromatic heterocycles. The van der Waals surface area contributed by atoms with Crippen molar-refractivity contribution in [2.45, 2.75) is 26.3 Å². The zero-order valence-electron chi connectivity index (χ0n) is 7.89. The first-order chi connectivity index (χ1) is 6.06. The Morgan fingerprint density at radius 2 is 1.92 bits per heavy atom. The Kier molecular flexibility index (Phi) is 6.32. The summed E-state index contributed by atoms with van der Waals surface area (Å²) >= 11 is 5.24. The third kappa shape index (κ3) is 7.59.